The zero-order valence-electron chi connectivity index (χ0n) is 13.6. The summed E-state index contributed by atoms with van der Waals surface area (Å²) in [5, 5.41) is 24.2. The number of nitrogens with one attached hydrogen (secondary N) is 1. The monoisotopic (exact) mass is 369 g/mol. The van der Waals surface area contributed by atoms with Crippen LogP contribution in [0.15, 0.2) is 53.6 Å². The number of amides is 1. The van der Waals surface area contributed by atoms with Crippen LogP contribution in [-0.2, 0) is 11.3 Å². The van der Waals surface area contributed by atoms with Gasteiger partial charge in [-0.25, -0.2) is 4.98 Å². The Morgan fingerprint density at radius 1 is 1.11 bits per heavy atom. The van der Waals surface area contributed by atoms with Gasteiger partial charge in [-0.05, 0) is 12.1 Å². The summed E-state index contributed by atoms with van der Waals surface area (Å²) in [6.07, 6.45) is 1.13. The second kappa shape index (κ2) is 7.00. The van der Waals surface area contributed by atoms with Crippen molar-refractivity contribution < 1.29 is 14.6 Å². The molecule has 0 fully saturated rings. The minimum absolute atomic E-state index is 0.00908. The molecule has 0 aliphatic carbocycles. The van der Waals surface area contributed by atoms with Gasteiger partial charge in [0.15, 0.2) is 0 Å². The SMILES string of the molecule is O=C(Cn1cnc2ccc([N+](=O)[O-])cc2c1=O)Nc1ccccc1[N+](=O)[O-]. The molecule has 1 amide bonds. The van der Waals surface area contributed by atoms with Crippen LogP contribution in [0.25, 0.3) is 10.9 Å². The average Bonchev–Trinajstić information content (AvgIpc) is 2.64. The van der Waals surface area contributed by atoms with Crippen molar-refractivity contribution >= 4 is 33.9 Å². The van der Waals surface area contributed by atoms with Gasteiger partial charge in [0.05, 0.1) is 27.1 Å². The smallest absolute Gasteiger partial charge is 0.292 e. The summed E-state index contributed by atoms with van der Waals surface area (Å²) in [4.78, 5) is 49.2. The van der Waals surface area contributed by atoms with E-state index in [1.807, 2.05) is 0 Å². The van der Waals surface area contributed by atoms with E-state index in [1.54, 1.807) is 0 Å². The maximum absolute atomic E-state index is 12.5. The Bertz CT molecular complexity index is 1140. The van der Waals surface area contributed by atoms with Crippen LogP contribution in [0.2, 0.25) is 0 Å². The molecular formula is C16H11N5O6. The minimum Gasteiger partial charge on any atom is -0.319 e. The van der Waals surface area contributed by atoms with E-state index in [9.17, 15) is 29.8 Å². The van der Waals surface area contributed by atoms with Crippen molar-refractivity contribution in [3.05, 3.63) is 79.4 Å². The summed E-state index contributed by atoms with van der Waals surface area (Å²) in [6.45, 7) is -0.462. The number of hydrogen-bond donors (Lipinski definition) is 1. The number of carbonyl (C=O) groups is 1. The quantitative estimate of drug-likeness (QED) is 0.532. The van der Waals surface area contributed by atoms with Gasteiger partial charge in [-0.3, -0.25) is 34.4 Å². The number of benzene rings is 2. The van der Waals surface area contributed by atoms with Crippen LogP contribution in [0.1, 0.15) is 0 Å². The molecule has 0 aliphatic heterocycles. The fraction of sp³-hybridized carbons (Fsp3) is 0.0625. The highest BCUT2D eigenvalue weighted by Gasteiger charge is 2.16. The number of hydrogen-bond acceptors (Lipinski definition) is 7. The van der Waals surface area contributed by atoms with Crippen LogP contribution in [0.3, 0.4) is 0 Å². The maximum Gasteiger partial charge on any atom is 0.292 e. The molecule has 11 heteroatoms. The molecule has 2 aromatic carbocycles. The lowest BCUT2D eigenvalue weighted by Gasteiger charge is -2.08. The molecule has 1 N–H and O–H groups in total. The van der Waals surface area contributed by atoms with E-state index in [0.717, 1.165) is 17.0 Å². The van der Waals surface area contributed by atoms with Gasteiger partial charge in [-0.2, -0.15) is 0 Å². The summed E-state index contributed by atoms with van der Waals surface area (Å²) in [7, 11) is 0. The van der Waals surface area contributed by atoms with E-state index >= 15 is 0 Å². The zero-order chi connectivity index (χ0) is 19.6. The lowest BCUT2D eigenvalue weighted by molar-refractivity contribution is -0.384. The van der Waals surface area contributed by atoms with Crippen molar-refractivity contribution in [3.8, 4) is 0 Å². The van der Waals surface area contributed by atoms with E-state index in [1.165, 1.54) is 36.4 Å². The van der Waals surface area contributed by atoms with Crippen LogP contribution in [0, 0.1) is 20.2 Å². The van der Waals surface area contributed by atoms with Gasteiger partial charge >= 0.3 is 0 Å². The zero-order valence-corrected chi connectivity index (χ0v) is 13.6. The summed E-state index contributed by atoms with van der Waals surface area (Å²) in [5.74, 6) is -0.682. The molecular weight excluding hydrogens is 358 g/mol. The van der Waals surface area contributed by atoms with Gasteiger partial charge in [0.25, 0.3) is 16.9 Å². The number of anilines is 1. The molecule has 0 saturated heterocycles. The molecule has 1 heterocycles. The van der Waals surface area contributed by atoms with Crippen LogP contribution >= 0.6 is 0 Å². The first kappa shape index (κ1) is 17.7. The van der Waals surface area contributed by atoms with Crippen LogP contribution in [0.4, 0.5) is 17.1 Å². The number of para-hydroxylation sites is 2. The fourth-order valence-electron chi connectivity index (χ4n) is 2.46. The topological polar surface area (TPSA) is 150 Å². The second-order valence-electron chi connectivity index (χ2n) is 5.46. The number of rotatable bonds is 5. The molecule has 1 aromatic heterocycles. The third-order valence-electron chi connectivity index (χ3n) is 3.71. The number of fused-ring (bicyclic) bond motifs is 1. The van der Waals surface area contributed by atoms with Crippen LogP contribution < -0.4 is 10.9 Å². The first-order valence-corrected chi connectivity index (χ1v) is 7.53. The van der Waals surface area contributed by atoms with Gasteiger partial charge in [0.2, 0.25) is 5.91 Å². The molecule has 0 saturated carbocycles. The maximum atomic E-state index is 12.5. The van der Waals surface area contributed by atoms with Gasteiger partial charge in [0.1, 0.15) is 12.2 Å². The van der Waals surface area contributed by atoms with Crippen LogP contribution in [0.5, 0.6) is 0 Å². The first-order valence-electron chi connectivity index (χ1n) is 7.53. The molecule has 27 heavy (non-hydrogen) atoms. The predicted molar refractivity (Wildman–Crippen MR) is 94.4 cm³/mol. The van der Waals surface area contributed by atoms with E-state index in [-0.39, 0.29) is 28.0 Å². The van der Waals surface area contributed by atoms with Crippen molar-refractivity contribution in [2.24, 2.45) is 0 Å². The number of nitro groups is 2. The number of aromatic nitrogens is 2. The van der Waals surface area contributed by atoms with Crippen molar-refractivity contribution in [1.29, 1.82) is 0 Å². The predicted octanol–water partition coefficient (Wildman–Crippen LogP) is 1.85. The number of non-ortho nitro benzene ring substituents is 1. The van der Waals surface area contributed by atoms with E-state index in [4.69, 9.17) is 0 Å². The average molecular weight is 369 g/mol. The Morgan fingerprint density at radius 3 is 2.56 bits per heavy atom. The Balaban J connectivity index is 1.89. The van der Waals surface area contributed by atoms with Crippen molar-refractivity contribution in [1.82, 2.24) is 9.55 Å². The molecule has 0 bridgehead atoms. The van der Waals surface area contributed by atoms with Gasteiger partial charge < -0.3 is 5.32 Å². The molecule has 0 spiro atoms. The highest BCUT2D eigenvalue weighted by Crippen LogP contribution is 2.23. The van der Waals surface area contributed by atoms with Crippen LogP contribution in [-0.4, -0.2) is 25.3 Å². The lowest BCUT2D eigenvalue weighted by Crippen LogP contribution is -2.28. The normalized spacial score (nSPS) is 10.5. The van der Waals surface area contributed by atoms with E-state index in [0.29, 0.717) is 0 Å². The third kappa shape index (κ3) is 3.61. The van der Waals surface area contributed by atoms with Gasteiger partial charge in [-0.1, -0.05) is 12.1 Å². The van der Waals surface area contributed by atoms with Crippen molar-refractivity contribution in [2.75, 3.05) is 5.32 Å². The largest absolute Gasteiger partial charge is 0.319 e. The van der Waals surface area contributed by atoms with Crippen molar-refractivity contribution in [3.63, 3.8) is 0 Å². The molecule has 136 valence electrons. The van der Waals surface area contributed by atoms with E-state index < -0.39 is 27.9 Å². The standard InChI is InChI=1S/C16H11N5O6/c22-15(18-13-3-1-2-4-14(13)21(26)27)8-19-9-17-12-6-5-10(20(24)25)7-11(12)16(19)23/h1-7,9H,8H2,(H,18,22). The third-order valence-corrected chi connectivity index (χ3v) is 3.71. The Labute approximate surface area is 150 Å². The summed E-state index contributed by atoms with van der Waals surface area (Å²) in [5.41, 5.74) is -0.957. The second-order valence-corrected chi connectivity index (χ2v) is 5.46. The number of nitro benzene ring substituents is 2. The summed E-state index contributed by atoms with van der Waals surface area (Å²) < 4.78 is 0.968. The molecule has 11 nitrogen and oxygen atoms in total. The molecule has 0 atom stereocenters. The Hall–Kier alpha value is -4.15. The Morgan fingerprint density at radius 2 is 1.85 bits per heavy atom. The lowest BCUT2D eigenvalue weighted by atomic mass is 10.2. The summed E-state index contributed by atoms with van der Waals surface area (Å²) in [6, 6.07) is 9.22. The molecule has 3 rings (SSSR count). The van der Waals surface area contributed by atoms with Gasteiger partial charge in [-0.15, -0.1) is 0 Å². The number of carbonyl (C=O) groups excluding carboxylic acids is 1. The molecule has 0 unspecified atom stereocenters. The Kier molecular flexibility index (Phi) is 4.58. The fourth-order valence-corrected chi connectivity index (χ4v) is 2.46. The molecule has 0 radical (unpaired) electrons. The highest BCUT2D eigenvalue weighted by molar-refractivity contribution is 5.93. The first-order chi connectivity index (χ1) is 12.9. The molecule has 0 aliphatic rings. The van der Waals surface area contributed by atoms with Crippen molar-refractivity contribution in [2.45, 2.75) is 6.54 Å². The van der Waals surface area contributed by atoms with E-state index in [2.05, 4.69) is 10.3 Å². The van der Waals surface area contributed by atoms with Gasteiger partial charge in [0, 0.05) is 18.2 Å². The number of nitrogens with zero attached hydrogens (tertiary/aromatic N) is 4. The summed E-state index contributed by atoms with van der Waals surface area (Å²) >= 11 is 0. The minimum atomic E-state index is -0.682. The highest BCUT2D eigenvalue weighted by atomic mass is 16.6. The molecule has 3 aromatic rings.